The Hall–Kier alpha value is -2.38. The van der Waals surface area contributed by atoms with Crippen LogP contribution in [0.15, 0.2) is 48.5 Å². The van der Waals surface area contributed by atoms with Crippen molar-refractivity contribution in [1.82, 2.24) is 14.9 Å². The van der Waals surface area contributed by atoms with E-state index in [0.29, 0.717) is 25.9 Å². The van der Waals surface area contributed by atoms with E-state index >= 15 is 0 Å². The van der Waals surface area contributed by atoms with Crippen molar-refractivity contribution in [2.75, 3.05) is 18.8 Å². The minimum atomic E-state index is -3.35. The lowest BCUT2D eigenvalue weighted by molar-refractivity contribution is 0.189. The summed E-state index contributed by atoms with van der Waals surface area (Å²) in [6.45, 7) is 2.81. The summed E-state index contributed by atoms with van der Waals surface area (Å²) in [7, 11) is -3.35. The zero-order chi connectivity index (χ0) is 21.8. The van der Waals surface area contributed by atoms with Crippen LogP contribution in [0.5, 0.6) is 0 Å². The monoisotopic (exact) mass is 441 g/mol. The molecule has 2 N–H and O–H groups in total. The molecule has 0 aromatic heterocycles. The number of sulfonamides is 1. The third kappa shape index (κ3) is 5.10. The van der Waals surface area contributed by atoms with E-state index in [9.17, 15) is 13.2 Å². The van der Waals surface area contributed by atoms with Crippen molar-refractivity contribution < 1.29 is 13.2 Å². The highest BCUT2D eigenvalue weighted by Crippen LogP contribution is 2.29. The fourth-order valence-electron chi connectivity index (χ4n) is 4.67. The van der Waals surface area contributed by atoms with E-state index < -0.39 is 10.0 Å². The van der Waals surface area contributed by atoms with Gasteiger partial charge in [-0.2, -0.15) is 0 Å². The van der Waals surface area contributed by atoms with Gasteiger partial charge in [0, 0.05) is 19.1 Å². The van der Waals surface area contributed by atoms with Crippen LogP contribution in [0.2, 0.25) is 0 Å². The molecule has 2 atom stereocenters. The number of hydrogen-bond donors (Lipinski definition) is 2. The zero-order valence-corrected chi connectivity index (χ0v) is 18.8. The van der Waals surface area contributed by atoms with Crippen LogP contribution >= 0.6 is 0 Å². The molecule has 6 nitrogen and oxygen atoms in total. The number of amides is 2. The lowest BCUT2D eigenvalue weighted by Crippen LogP contribution is -2.50. The maximum absolute atomic E-state index is 12.9. The van der Waals surface area contributed by atoms with Gasteiger partial charge in [0.15, 0.2) is 0 Å². The molecule has 2 aliphatic rings. The second-order valence-corrected chi connectivity index (χ2v) is 10.5. The fourth-order valence-corrected chi connectivity index (χ4v) is 5.58. The van der Waals surface area contributed by atoms with Crippen LogP contribution < -0.4 is 10.0 Å². The minimum absolute atomic E-state index is 0.0364. The number of nitrogens with one attached hydrogen (secondary N) is 2. The molecule has 2 aliphatic heterocycles. The molecule has 1 saturated heterocycles. The van der Waals surface area contributed by atoms with Crippen LogP contribution in [0.4, 0.5) is 4.79 Å². The first kappa shape index (κ1) is 21.8. The van der Waals surface area contributed by atoms with E-state index in [-0.39, 0.29) is 23.9 Å². The van der Waals surface area contributed by atoms with Gasteiger partial charge in [-0.3, -0.25) is 0 Å². The average molecular weight is 442 g/mol. The Morgan fingerprint density at radius 2 is 1.97 bits per heavy atom. The Bertz CT molecular complexity index is 1040. The highest BCUT2D eigenvalue weighted by Gasteiger charge is 2.38. The summed E-state index contributed by atoms with van der Waals surface area (Å²) in [6.07, 6.45) is 4.12. The van der Waals surface area contributed by atoms with Crippen molar-refractivity contribution in [2.45, 2.75) is 51.1 Å². The number of hydrogen-bond acceptors (Lipinski definition) is 3. The molecule has 2 heterocycles. The van der Waals surface area contributed by atoms with Crippen LogP contribution in [0.1, 0.15) is 37.3 Å². The lowest BCUT2D eigenvalue weighted by atomic mass is 9.93. The topological polar surface area (TPSA) is 78.5 Å². The molecule has 2 amide bonds. The van der Waals surface area contributed by atoms with E-state index in [0.717, 1.165) is 24.8 Å². The third-order valence-electron chi connectivity index (χ3n) is 6.37. The highest BCUT2D eigenvalue weighted by molar-refractivity contribution is 7.89. The summed E-state index contributed by atoms with van der Waals surface area (Å²) in [6, 6.07) is 16.3. The Morgan fingerprint density at radius 1 is 1.13 bits per heavy atom. The van der Waals surface area contributed by atoms with Gasteiger partial charge in [0.2, 0.25) is 10.0 Å². The standard InChI is InChI=1S/C24H31N3O3S/c1-2-31(29,30)26-22-13-15-27-23(22)17-18-8-7-11-20(16-18)21-12-4-3-9-19(21)10-5-6-14-25-24(27)28/h3-4,7-9,11-12,16,22-23,26H,2,5-6,10,13-15,17H2,1H3,(H,25,28). The molecular formula is C24H31N3O3S. The maximum Gasteiger partial charge on any atom is 0.317 e. The van der Waals surface area contributed by atoms with Gasteiger partial charge in [-0.1, -0.05) is 48.5 Å². The molecule has 2 unspecified atom stereocenters. The predicted octanol–water partition coefficient (Wildman–Crippen LogP) is 3.32. The van der Waals surface area contributed by atoms with Gasteiger partial charge >= 0.3 is 6.03 Å². The normalized spacial score (nSPS) is 22.2. The number of carbonyl (C=O) groups is 1. The number of rotatable bonds is 3. The van der Waals surface area contributed by atoms with Gasteiger partial charge in [0.05, 0.1) is 11.8 Å². The molecule has 2 aromatic rings. The molecule has 0 spiro atoms. The van der Waals surface area contributed by atoms with Crippen LogP contribution in [0, 0.1) is 0 Å². The van der Waals surface area contributed by atoms with Crippen LogP contribution in [0.3, 0.4) is 0 Å². The van der Waals surface area contributed by atoms with Gasteiger partial charge in [-0.05, 0) is 61.3 Å². The van der Waals surface area contributed by atoms with E-state index in [4.69, 9.17) is 0 Å². The molecule has 31 heavy (non-hydrogen) atoms. The summed E-state index contributed by atoms with van der Waals surface area (Å²) < 4.78 is 27.3. The number of benzene rings is 2. The summed E-state index contributed by atoms with van der Waals surface area (Å²) in [5.41, 5.74) is 4.84. The molecular weight excluding hydrogens is 410 g/mol. The summed E-state index contributed by atoms with van der Waals surface area (Å²) >= 11 is 0. The van der Waals surface area contributed by atoms with Crippen molar-refractivity contribution >= 4 is 16.1 Å². The van der Waals surface area contributed by atoms with Crippen LogP contribution in [0.25, 0.3) is 11.1 Å². The molecule has 2 aromatic carbocycles. The molecule has 166 valence electrons. The van der Waals surface area contributed by atoms with Crippen LogP contribution in [-0.4, -0.2) is 50.3 Å². The molecule has 7 heteroatoms. The summed E-state index contributed by atoms with van der Waals surface area (Å²) in [4.78, 5) is 14.7. The number of nitrogens with zero attached hydrogens (tertiary/aromatic N) is 1. The third-order valence-corrected chi connectivity index (χ3v) is 7.79. The Morgan fingerprint density at radius 3 is 2.81 bits per heavy atom. The summed E-state index contributed by atoms with van der Waals surface area (Å²) in [5, 5.41) is 3.05. The van der Waals surface area contributed by atoms with E-state index in [1.807, 2.05) is 4.90 Å². The SMILES string of the molecule is CCS(=O)(=O)NC1CCN2C(=O)NCCCCc3ccccc3-c3cccc(c3)CC12. The minimum Gasteiger partial charge on any atom is -0.338 e. The number of urea groups is 1. The van der Waals surface area contributed by atoms with Crippen molar-refractivity contribution in [2.24, 2.45) is 0 Å². The number of fused-ring (bicyclic) bond motifs is 5. The Kier molecular flexibility index (Phi) is 6.62. The zero-order valence-electron chi connectivity index (χ0n) is 18.0. The van der Waals surface area contributed by atoms with Crippen LogP contribution in [-0.2, 0) is 22.9 Å². The van der Waals surface area contributed by atoms with Crippen molar-refractivity contribution in [1.29, 1.82) is 0 Å². The van der Waals surface area contributed by atoms with E-state index in [2.05, 4.69) is 58.6 Å². The predicted molar refractivity (Wildman–Crippen MR) is 123 cm³/mol. The van der Waals surface area contributed by atoms with Crippen molar-refractivity contribution in [3.63, 3.8) is 0 Å². The first-order chi connectivity index (χ1) is 15.0. The molecule has 0 radical (unpaired) electrons. The average Bonchev–Trinajstić information content (AvgIpc) is 3.15. The van der Waals surface area contributed by atoms with E-state index in [1.165, 1.54) is 16.7 Å². The second-order valence-electron chi connectivity index (χ2n) is 8.43. The van der Waals surface area contributed by atoms with Gasteiger partial charge in [-0.25, -0.2) is 17.9 Å². The quantitative estimate of drug-likeness (QED) is 0.767. The second kappa shape index (κ2) is 9.40. The Balaban J connectivity index is 1.70. The molecule has 4 rings (SSSR count). The van der Waals surface area contributed by atoms with Gasteiger partial charge in [-0.15, -0.1) is 0 Å². The highest BCUT2D eigenvalue weighted by atomic mass is 32.2. The van der Waals surface area contributed by atoms with Gasteiger partial charge < -0.3 is 10.2 Å². The number of carbonyl (C=O) groups excluding carboxylic acids is 1. The molecule has 1 fully saturated rings. The van der Waals surface area contributed by atoms with Crippen molar-refractivity contribution in [3.8, 4) is 11.1 Å². The maximum atomic E-state index is 12.9. The fraction of sp³-hybridized carbons (Fsp3) is 0.458. The largest absolute Gasteiger partial charge is 0.338 e. The number of aryl methyl sites for hydroxylation is 1. The lowest BCUT2D eigenvalue weighted by Gasteiger charge is -2.29. The van der Waals surface area contributed by atoms with E-state index in [1.54, 1.807) is 6.92 Å². The smallest absolute Gasteiger partial charge is 0.317 e. The summed E-state index contributed by atoms with van der Waals surface area (Å²) in [5.74, 6) is 0.0364. The first-order valence-corrected chi connectivity index (χ1v) is 12.8. The van der Waals surface area contributed by atoms with Gasteiger partial charge in [0.25, 0.3) is 0 Å². The molecule has 0 saturated carbocycles. The molecule has 0 aliphatic carbocycles. The van der Waals surface area contributed by atoms with Crippen molar-refractivity contribution in [3.05, 3.63) is 59.7 Å². The molecule has 2 bridgehead atoms. The Labute approximate surface area is 185 Å². The van der Waals surface area contributed by atoms with Gasteiger partial charge in [0.1, 0.15) is 0 Å². The first-order valence-electron chi connectivity index (χ1n) is 11.2.